The maximum absolute atomic E-state index is 5.80. The molecule has 1 aromatic heterocycles. The van der Waals surface area contributed by atoms with Gasteiger partial charge in [-0.05, 0) is 36.7 Å². The zero-order chi connectivity index (χ0) is 12.6. The largest absolute Gasteiger partial charge is 0.494 e. The van der Waals surface area contributed by atoms with Crippen molar-refractivity contribution in [2.75, 3.05) is 13.2 Å². The number of hydrogen-bond donors (Lipinski definition) is 1. The van der Waals surface area contributed by atoms with E-state index in [2.05, 4.69) is 11.1 Å². The Morgan fingerprint density at radius 3 is 2.61 bits per heavy atom. The average molecular weight is 242 g/mol. The molecule has 0 radical (unpaired) electrons. The lowest BCUT2D eigenvalue weighted by molar-refractivity contribution is 0.298. The normalized spacial score (nSPS) is 12.1. The summed E-state index contributed by atoms with van der Waals surface area (Å²) in [6, 6.07) is 13.8. The molecule has 3 heteroatoms. The van der Waals surface area contributed by atoms with E-state index < -0.39 is 0 Å². The van der Waals surface area contributed by atoms with E-state index in [0.717, 1.165) is 12.2 Å². The van der Waals surface area contributed by atoms with Crippen LogP contribution in [-0.2, 0) is 0 Å². The second-order valence-corrected chi connectivity index (χ2v) is 4.17. The van der Waals surface area contributed by atoms with Crippen LogP contribution < -0.4 is 10.5 Å². The number of nitrogens with zero attached hydrogens (tertiary/aromatic N) is 1. The van der Waals surface area contributed by atoms with Gasteiger partial charge in [0.2, 0.25) is 0 Å². The first kappa shape index (κ1) is 12.6. The molecule has 0 aliphatic rings. The van der Waals surface area contributed by atoms with Crippen LogP contribution in [-0.4, -0.2) is 18.1 Å². The summed E-state index contributed by atoms with van der Waals surface area (Å²) in [5, 5.41) is 0. The molecule has 18 heavy (non-hydrogen) atoms. The van der Waals surface area contributed by atoms with Crippen LogP contribution in [0.2, 0.25) is 0 Å². The molecule has 1 atom stereocenters. The molecule has 0 spiro atoms. The second-order valence-electron chi connectivity index (χ2n) is 4.17. The highest BCUT2D eigenvalue weighted by atomic mass is 16.5. The topological polar surface area (TPSA) is 48.1 Å². The van der Waals surface area contributed by atoms with E-state index in [1.165, 1.54) is 5.56 Å². The van der Waals surface area contributed by atoms with Crippen LogP contribution in [0.1, 0.15) is 17.9 Å². The number of benzene rings is 1. The number of rotatable bonds is 6. The third-order valence-corrected chi connectivity index (χ3v) is 2.92. The third kappa shape index (κ3) is 3.57. The van der Waals surface area contributed by atoms with Crippen molar-refractivity contribution in [2.45, 2.75) is 12.3 Å². The lowest BCUT2D eigenvalue weighted by atomic mass is 9.98. The molecule has 1 heterocycles. The molecule has 0 saturated carbocycles. The molecule has 2 aromatic rings. The Morgan fingerprint density at radius 1 is 1.11 bits per heavy atom. The molecule has 0 aliphatic carbocycles. The summed E-state index contributed by atoms with van der Waals surface area (Å²) in [5.74, 6) is 1.21. The van der Waals surface area contributed by atoms with Gasteiger partial charge < -0.3 is 10.5 Å². The molecule has 2 N–H and O–H groups in total. The highest BCUT2D eigenvalue weighted by Gasteiger charge is 2.09. The van der Waals surface area contributed by atoms with Crippen molar-refractivity contribution in [3.05, 3.63) is 60.4 Å². The van der Waals surface area contributed by atoms with Gasteiger partial charge in [-0.2, -0.15) is 0 Å². The number of ether oxygens (including phenoxy) is 1. The molecule has 0 saturated heterocycles. The van der Waals surface area contributed by atoms with Crippen molar-refractivity contribution in [1.82, 2.24) is 4.98 Å². The first-order valence-corrected chi connectivity index (χ1v) is 6.18. The van der Waals surface area contributed by atoms with Crippen LogP contribution >= 0.6 is 0 Å². The van der Waals surface area contributed by atoms with Crippen LogP contribution in [0, 0.1) is 0 Å². The Hall–Kier alpha value is -1.87. The van der Waals surface area contributed by atoms with Gasteiger partial charge in [0.05, 0.1) is 6.61 Å². The van der Waals surface area contributed by atoms with Crippen LogP contribution in [0.5, 0.6) is 5.75 Å². The fraction of sp³-hybridized carbons (Fsp3) is 0.267. The minimum atomic E-state index is 0.308. The van der Waals surface area contributed by atoms with Gasteiger partial charge in [0.1, 0.15) is 5.75 Å². The predicted octanol–water partition coefficient (Wildman–Crippen LogP) is 2.59. The Bertz CT molecular complexity index is 445. The maximum atomic E-state index is 5.80. The highest BCUT2D eigenvalue weighted by Crippen LogP contribution is 2.18. The van der Waals surface area contributed by atoms with E-state index in [-0.39, 0.29) is 0 Å². The van der Waals surface area contributed by atoms with Crippen molar-refractivity contribution in [3.63, 3.8) is 0 Å². The summed E-state index contributed by atoms with van der Waals surface area (Å²) in [5.41, 5.74) is 6.98. The number of para-hydroxylation sites is 1. The zero-order valence-electron chi connectivity index (χ0n) is 10.3. The molecular weight excluding hydrogens is 224 g/mol. The highest BCUT2D eigenvalue weighted by molar-refractivity contribution is 5.21. The van der Waals surface area contributed by atoms with Gasteiger partial charge in [0, 0.05) is 18.3 Å². The van der Waals surface area contributed by atoms with E-state index in [0.29, 0.717) is 19.1 Å². The van der Waals surface area contributed by atoms with Gasteiger partial charge in [-0.3, -0.25) is 4.98 Å². The fourth-order valence-electron chi connectivity index (χ4n) is 1.87. The summed E-state index contributed by atoms with van der Waals surface area (Å²) in [4.78, 5) is 4.12. The predicted molar refractivity (Wildman–Crippen MR) is 72.6 cm³/mol. The van der Waals surface area contributed by atoms with E-state index in [1.807, 2.05) is 42.6 Å². The van der Waals surface area contributed by atoms with Crippen molar-refractivity contribution in [1.29, 1.82) is 0 Å². The lowest BCUT2D eigenvalue weighted by Crippen LogP contribution is -2.15. The number of pyridine rings is 1. The smallest absolute Gasteiger partial charge is 0.119 e. The first-order chi connectivity index (χ1) is 8.90. The lowest BCUT2D eigenvalue weighted by Gasteiger charge is -2.15. The summed E-state index contributed by atoms with van der Waals surface area (Å²) in [6.07, 6.45) is 4.55. The molecule has 94 valence electrons. The van der Waals surface area contributed by atoms with Gasteiger partial charge in [0.25, 0.3) is 0 Å². The van der Waals surface area contributed by atoms with Crippen molar-refractivity contribution in [3.8, 4) is 5.75 Å². The Labute approximate surface area is 108 Å². The Balaban J connectivity index is 1.85. The van der Waals surface area contributed by atoms with E-state index in [9.17, 15) is 0 Å². The Kier molecular flexibility index (Phi) is 4.73. The second kappa shape index (κ2) is 6.77. The summed E-state index contributed by atoms with van der Waals surface area (Å²) in [6.45, 7) is 1.28. The van der Waals surface area contributed by atoms with Crippen LogP contribution in [0.25, 0.3) is 0 Å². The SMILES string of the molecule is NCC(CCOc1ccccc1)c1cccnc1. The van der Waals surface area contributed by atoms with E-state index in [4.69, 9.17) is 10.5 Å². The molecule has 0 fully saturated rings. The maximum Gasteiger partial charge on any atom is 0.119 e. The van der Waals surface area contributed by atoms with Crippen LogP contribution in [0.4, 0.5) is 0 Å². The summed E-state index contributed by atoms with van der Waals surface area (Å²) >= 11 is 0. The monoisotopic (exact) mass is 242 g/mol. The third-order valence-electron chi connectivity index (χ3n) is 2.92. The van der Waals surface area contributed by atoms with Gasteiger partial charge in [-0.15, -0.1) is 0 Å². The molecule has 2 rings (SSSR count). The number of hydrogen-bond acceptors (Lipinski definition) is 3. The summed E-state index contributed by atoms with van der Waals surface area (Å²) < 4.78 is 5.68. The average Bonchev–Trinajstić information content (AvgIpc) is 2.46. The molecule has 1 unspecified atom stereocenters. The zero-order valence-corrected chi connectivity index (χ0v) is 10.3. The van der Waals surface area contributed by atoms with E-state index >= 15 is 0 Å². The molecular formula is C15H18N2O. The quantitative estimate of drug-likeness (QED) is 0.847. The molecule has 0 bridgehead atoms. The first-order valence-electron chi connectivity index (χ1n) is 6.18. The van der Waals surface area contributed by atoms with Crippen molar-refractivity contribution >= 4 is 0 Å². The van der Waals surface area contributed by atoms with Gasteiger partial charge >= 0.3 is 0 Å². The molecule has 0 amide bonds. The Morgan fingerprint density at radius 2 is 1.94 bits per heavy atom. The number of aromatic nitrogens is 1. The van der Waals surface area contributed by atoms with Crippen molar-refractivity contribution in [2.24, 2.45) is 5.73 Å². The van der Waals surface area contributed by atoms with Gasteiger partial charge in [-0.25, -0.2) is 0 Å². The molecule has 0 aliphatic heterocycles. The molecule has 1 aromatic carbocycles. The fourth-order valence-corrected chi connectivity index (χ4v) is 1.87. The van der Waals surface area contributed by atoms with Crippen LogP contribution in [0.15, 0.2) is 54.9 Å². The standard InChI is InChI=1S/C15H18N2O/c16-11-13(14-5-4-9-17-12-14)8-10-18-15-6-2-1-3-7-15/h1-7,9,12-13H,8,10-11,16H2. The van der Waals surface area contributed by atoms with Crippen molar-refractivity contribution < 1.29 is 4.74 Å². The minimum absolute atomic E-state index is 0.308. The van der Waals surface area contributed by atoms with E-state index in [1.54, 1.807) is 6.20 Å². The summed E-state index contributed by atoms with van der Waals surface area (Å²) in [7, 11) is 0. The molecule has 3 nitrogen and oxygen atoms in total. The van der Waals surface area contributed by atoms with Gasteiger partial charge in [0.15, 0.2) is 0 Å². The van der Waals surface area contributed by atoms with Gasteiger partial charge in [-0.1, -0.05) is 24.3 Å². The minimum Gasteiger partial charge on any atom is -0.494 e. The number of nitrogens with two attached hydrogens (primary N) is 1. The van der Waals surface area contributed by atoms with Crippen LogP contribution in [0.3, 0.4) is 0 Å².